The summed E-state index contributed by atoms with van der Waals surface area (Å²) in [4.78, 5) is 75.3. The molecule has 0 aliphatic carbocycles. The van der Waals surface area contributed by atoms with E-state index >= 15 is 0 Å². The minimum Gasteiger partial charge on any atom is -0.300 e. The highest BCUT2D eigenvalue weighted by atomic mass is 16.2. The first kappa shape index (κ1) is 26.9. The molecule has 0 bridgehead atoms. The van der Waals surface area contributed by atoms with E-state index in [2.05, 4.69) is 0 Å². The molecule has 8 heteroatoms. The molecule has 2 rings (SSSR count). The molecule has 0 spiro atoms. The van der Waals surface area contributed by atoms with E-state index in [4.69, 9.17) is 0 Å². The van der Waals surface area contributed by atoms with Crippen molar-refractivity contribution >= 4 is 35.2 Å². The van der Waals surface area contributed by atoms with E-state index in [1.807, 2.05) is 27.7 Å². The second-order valence-electron chi connectivity index (χ2n) is 10.0. The second kappa shape index (κ2) is 12.2. The zero-order chi connectivity index (χ0) is 24.7. The van der Waals surface area contributed by atoms with Gasteiger partial charge in [0.2, 0.25) is 23.6 Å². The van der Waals surface area contributed by atoms with Crippen molar-refractivity contribution < 1.29 is 28.8 Å². The predicted octanol–water partition coefficient (Wildman–Crippen LogP) is 2.92. The fourth-order valence-corrected chi connectivity index (χ4v) is 4.47. The van der Waals surface area contributed by atoms with Crippen LogP contribution in [-0.2, 0) is 28.8 Å². The number of likely N-dealkylation sites (tertiary alicyclic amines) is 2. The maximum atomic E-state index is 12.3. The molecule has 2 saturated heterocycles. The molecule has 184 valence electrons. The number of rotatable bonds is 14. The Balaban J connectivity index is 1.57. The zero-order valence-corrected chi connectivity index (χ0v) is 20.4. The van der Waals surface area contributed by atoms with E-state index < -0.39 is 0 Å². The van der Waals surface area contributed by atoms with E-state index in [9.17, 15) is 28.8 Å². The SMILES string of the molecule is CC(C)C1CC(=O)N(CCC(=O)CCCCCC(=O)CCN2C(=O)CC(C(C)C)C2=O)C1=O. The minimum atomic E-state index is -0.275. The molecule has 2 atom stereocenters. The number of nitrogens with zero attached hydrogens (tertiary/aromatic N) is 2. The number of imide groups is 2. The molecule has 0 aromatic carbocycles. The third-order valence-electron chi connectivity index (χ3n) is 6.81. The molecule has 2 aliphatic heterocycles. The summed E-state index contributed by atoms with van der Waals surface area (Å²) in [6.07, 6.45) is 3.59. The zero-order valence-electron chi connectivity index (χ0n) is 20.4. The molecule has 4 amide bonds. The Morgan fingerprint density at radius 2 is 1.03 bits per heavy atom. The van der Waals surface area contributed by atoms with E-state index in [-0.39, 0.29) is 97.6 Å². The van der Waals surface area contributed by atoms with Gasteiger partial charge in [-0.3, -0.25) is 38.6 Å². The van der Waals surface area contributed by atoms with Crippen LogP contribution in [0, 0.1) is 23.7 Å². The lowest BCUT2D eigenvalue weighted by Crippen LogP contribution is -2.33. The Hall–Kier alpha value is -2.38. The summed E-state index contributed by atoms with van der Waals surface area (Å²) in [6.45, 7) is 7.99. The molecule has 0 N–H and O–H groups in total. The number of hydrogen-bond acceptors (Lipinski definition) is 6. The molecule has 0 aromatic heterocycles. The normalized spacial score (nSPS) is 21.3. The van der Waals surface area contributed by atoms with Crippen LogP contribution in [0.3, 0.4) is 0 Å². The highest BCUT2D eigenvalue weighted by molar-refractivity contribution is 6.04. The van der Waals surface area contributed by atoms with Crippen LogP contribution in [-0.4, -0.2) is 58.1 Å². The lowest BCUT2D eigenvalue weighted by molar-refractivity contribution is -0.141. The van der Waals surface area contributed by atoms with E-state index in [1.54, 1.807) is 0 Å². The molecule has 0 aromatic rings. The predicted molar refractivity (Wildman–Crippen MR) is 122 cm³/mol. The van der Waals surface area contributed by atoms with Crippen molar-refractivity contribution in [2.45, 2.75) is 85.5 Å². The van der Waals surface area contributed by atoms with Crippen LogP contribution in [0.4, 0.5) is 0 Å². The van der Waals surface area contributed by atoms with Gasteiger partial charge in [0.15, 0.2) is 0 Å². The fourth-order valence-electron chi connectivity index (χ4n) is 4.47. The average molecular weight is 463 g/mol. The van der Waals surface area contributed by atoms with Crippen LogP contribution in [0.5, 0.6) is 0 Å². The molecule has 0 radical (unpaired) electrons. The van der Waals surface area contributed by atoms with Gasteiger partial charge in [-0.15, -0.1) is 0 Å². The maximum absolute atomic E-state index is 12.3. The standard InChI is InChI=1S/C25H38N2O6/c1-16(2)20-14-22(30)26(24(20)32)12-10-18(28)8-6-5-7-9-19(29)11-13-27-23(31)15-21(17(3)4)25(27)33/h16-17,20-21H,5-15H2,1-4H3. The van der Waals surface area contributed by atoms with Gasteiger partial charge in [-0.05, 0) is 24.7 Å². The van der Waals surface area contributed by atoms with Gasteiger partial charge in [-0.1, -0.05) is 34.1 Å². The number of hydrogen-bond donors (Lipinski definition) is 0. The summed E-state index contributed by atoms with van der Waals surface area (Å²) in [5.41, 5.74) is 0. The second-order valence-corrected chi connectivity index (χ2v) is 10.0. The Bertz CT molecular complexity index is 724. The van der Waals surface area contributed by atoms with Crippen molar-refractivity contribution in [1.82, 2.24) is 9.80 Å². The lowest BCUT2D eigenvalue weighted by atomic mass is 9.94. The topological polar surface area (TPSA) is 109 Å². The smallest absolute Gasteiger partial charge is 0.233 e. The number of amides is 4. The van der Waals surface area contributed by atoms with Crippen molar-refractivity contribution in [3.05, 3.63) is 0 Å². The first-order valence-corrected chi connectivity index (χ1v) is 12.2. The molecule has 2 heterocycles. The Labute approximate surface area is 196 Å². The molecule has 2 aliphatic rings. The summed E-state index contributed by atoms with van der Waals surface area (Å²) in [7, 11) is 0. The number of carbonyl (C=O) groups excluding carboxylic acids is 6. The highest BCUT2D eigenvalue weighted by Gasteiger charge is 2.40. The van der Waals surface area contributed by atoms with Gasteiger partial charge in [0.25, 0.3) is 0 Å². The minimum absolute atomic E-state index is 0.0145. The van der Waals surface area contributed by atoms with Gasteiger partial charge in [0, 0.05) is 63.5 Å². The lowest BCUT2D eigenvalue weighted by Gasteiger charge is -2.16. The molecule has 2 fully saturated rings. The van der Waals surface area contributed by atoms with Crippen molar-refractivity contribution in [3.8, 4) is 0 Å². The van der Waals surface area contributed by atoms with Crippen LogP contribution < -0.4 is 0 Å². The summed E-state index contributed by atoms with van der Waals surface area (Å²) in [5.74, 6) is -1.02. The quantitative estimate of drug-likeness (QED) is 0.290. The van der Waals surface area contributed by atoms with Gasteiger partial charge < -0.3 is 0 Å². The molecular weight excluding hydrogens is 424 g/mol. The average Bonchev–Trinajstić information content (AvgIpc) is 3.19. The Kier molecular flexibility index (Phi) is 9.92. The number of Topliss-reactive ketones (excluding diaryl/α,β-unsaturated/α-hetero) is 2. The summed E-state index contributed by atoms with van der Waals surface area (Å²) >= 11 is 0. The molecular formula is C25H38N2O6. The largest absolute Gasteiger partial charge is 0.300 e. The first-order chi connectivity index (χ1) is 15.5. The van der Waals surface area contributed by atoms with Gasteiger partial charge in [0.05, 0.1) is 0 Å². The van der Waals surface area contributed by atoms with Gasteiger partial charge >= 0.3 is 0 Å². The summed E-state index contributed by atoms with van der Waals surface area (Å²) in [6, 6.07) is 0. The highest BCUT2D eigenvalue weighted by Crippen LogP contribution is 2.27. The summed E-state index contributed by atoms with van der Waals surface area (Å²) < 4.78 is 0. The van der Waals surface area contributed by atoms with Crippen LogP contribution in [0.1, 0.15) is 85.5 Å². The monoisotopic (exact) mass is 462 g/mol. The van der Waals surface area contributed by atoms with Gasteiger partial charge in [-0.25, -0.2) is 0 Å². The van der Waals surface area contributed by atoms with Gasteiger partial charge in [-0.2, -0.15) is 0 Å². The number of unbranched alkanes of at least 4 members (excludes halogenated alkanes) is 2. The molecule has 2 unspecified atom stereocenters. The van der Waals surface area contributed by atoms with E-state index in [0.29, 0.717) is 25.7 Å². The van der Waals surface area contributed by atoms with Crippen LogP contribution in [0.2, 0.25) is 0 Å². The fraction of sp³-hybridized carbons (Fsp3) is 0.760. The van der Waals surface area contributed by atoms with E-state index in [1.165, 1.54) is 9.80 Å². The summed E-state index contributed by atoms with van der Waals surface area (Å²) in [5, 5.41) is 0. The molecule has 0 saturated carbocycles. The van der Waals surface area contributed by atoms with Crippen molar-refractivity contribution in [1.29, 1.82) is 0 Å². The van der Waals surface area contributed by atoms with Crippen molar-refractivity contribution in [3.63, 3.8) is 0 Å². The molecule has 33 heavy (non-hydrogen) atoms. The van der Waals surface area contributed by atoms with Crippen LogP contribution in [0.25, 0.3) is 0 Å². The van der Waals surface area contributed by atoms with Crippen LogP contribution >= 0.6 is 0 Å². The molecule has 8 nitrogen and oxygen atoms in total. The van der Waals surface area contributed by atoms with Gasteiger partial charge in [0.1, 0.15) is 11.6 Å². The maximum Gasteiger partial charge on any atom is 0.233 e. The third kappa shape index (κ3) is 7.30. The Morgan fingerprint density at radius 1 is 0.667 bits per heavy atom. The third-order valence-corrected chi connectivity index (χ3v) is 6.81. The van der Waals surface area contributed by atoms with Crippen LogP contribution in [0.15, 0.2) is 0 Å². The number of ketones is 2. The van der Waals surface area contributed by atoms with E-state index in [0.717, 1.165) is 6.42 Å². The number of carbonyl (C=O) groups is 6. The van der Waals surface area contributed by atoms with Crippen molar-refractivity contribution in [2.75, 3.05) is 13.1 Å². The first-order valence-electron chi connectivity index (χ1n) is 12.2. The van der Waals surface area contributed by atoms with Crippen molar-refractivity contribution in [2.24, 2.45) is 23.7 Å². The Morgan fingerprint density at radius 3 is 1.33 bits per heavy atom.